The van der Waals surface area contributed by atoms with Crippen LogP contribution >= 0.6 is 11.3 Å². The van der Waals surface area contributed by atoms with E-state index in [0.717, 1.165) is 16.0 Å². The van der Waals surface area contributed by atoms with Gasteiger partial charge in [0.2, 0.25) is 11.8 Å². The summed E-state index contributed by atoms with van der Waals surface area (Å²) in [6.07, 6.45) is 2.39. The number of amides is 3. The maximum atomic E-state index is 14.2. The Labute approximate surface area is 260 Å². The highest BCUT2D eigenvalue weighted by atomic mass is 32.1. The van der Waals surface area contributed by atoms with Crippen LogP contribution in [0.3, 0.4) is 0 Å². The Balaban J connectivity index is 1.49. The van der Waals surface area contributed by atoms with Crippen molar-refractivity contribution in [3.05, 3.63) is 69.9 Å². The smallest absolute Gasteiger partial charge is 0.257 e. The standard InChI is InChI=1S/C30H38N10O3S/c1-18(2)26-27-32-21(5)35-39(27)15-14-38(29(43)25-19(3)20(4)44-30(25)40-17-31-36-37-40)13-9-12-24(41)33-23(28(42)34-26)16-22-10-7-6-8-11-22/h6-8,10-11,17-18,23,26H,9,12-16H2,1-5H3,(H,33,41)(H,34,42)/t23-,26+/m0/s1. The van der Waals surface area contributed by atoms with E-state index in [-0.39, 0.29) is 30.1 Å². The molecule has 4 heterocycles. The zero-order chi connectivity index (χ0) is 31.4. The van der Waals surface area contributed by atoms with E-state index in [4.69, 9.17) is 4.98 Å². The molecule has 4 aromatic rings. The Morgan fingerprint density at radius 2 is 1.84 bits per heavy atom. The number of aromatic nitrogens is 7. The molecule has 1 aliphatic rings. The van der Waals surface area contributed by atoms with Gasteiger partial charge in [0, 0.05) is 30.8 Å². The van der Waals surface area contributed by atoms with Crippen molar-refractivity contribution in [2.75, 3.05) is 13.1 Å². The van der Waals surface area contributed by atoms with Gasteiger partial charge in [0.05, 0.1) is 18.2 Å². The Morgan fingerprint density at radius 3 is 2.55 bits per heavy atom. The molecule has 1 aliphatic heterocycles. The normalized spacial score (nSPS) is 18.5. The second kappa shape index (κ2) is 13.5. The monoisotopic (exact) mass is 618 g/mol. The molecule has 44 heavy (non-hydrogen) atoms. The summed E-state index contributed by atoms with van der Waals surface area (Å²) < 4.78 is 3.29. The van der Waals surface area contributed by atoms with E-state index in [2.05, 4.69) is 31.3 Å². The van der Waals surface area contributed by atoms with E-state index in [0.29, 0.717) is 54.7 Å². The SMILES string of the molecule is Cc1nc2n(n1)CCN(C(=O)c1c(-n3cnnn3)sc(C)c1C)CCCC(=O)N[C@@H](Cc1ccccc1)C(=O)N[C@@H]2C(C)C. The van der Waals surface area contributed by atoms with Crippen LogP contribution < -0.4 is 10.6 Å². The topological polar surface area (TPSA) is 153 Å². The summed E-state index contributed by atoms with van der Waals surface area (Å²) in [6.45, 7) is 10.7. The van der Waals surface area contributed by atoms with Crippen LogP contribution in [0.1, 0.15) is 70.7 Å². The highest BCUT2D eigenvalue weighted by Crippen LogP contribution is 2.31. The molecule has 3 amide bonds. The summed E-state index contributed by atoms with van der Waals surface area (Å²) >= 11 is 1.46. The Bertz CT molecular complexity index is 1610. The second-order valence-electron chi connectivity index (χ2n) is 11.4. The van der Waals surface area contributed by atoms with E-state index < -0.39 is 12.1 Å². The summed E-state index contributed by atoms with van der Waals surface area (Å²) in [5.41, 5.74) is 2.34. The minimum atomic E-state index is -0.778. The van der Waals surface area contributed by atoms with Crippen molar-refractivity contribution in [1.82, 2.24) is 50.5 Å². The van der Waals surface area contributed by atoms with Gasteiger partial charge in [0.25, 0.3) is 5.91 Å². The molecule has 0 radical (unpaired) electrons. The highest BCUT2D eigenvalue weighted by molar-refractivity contribution is 7.15. The molecule has 2 atom stereocenters. The van der Waals surface area contributed by atoms with Crippen molar-refractivity contribution in [1.29, 1.82) is 0 Å². The van der Waals surface area contributed by atoms with Gasteiger partial charge in [0.15, 0.2) is 0 Å². The quantitative estimate of drug-likeness (QED) is 0.346. The molecular weight excluding hydrogens is 580 g/mol. The molecule has 5 rings (SSSR count). The predicted octanol–water partition coefficient (Wildman–Crippen LogP) is 2.72. The van der Waals surface area contributed by atoms with E-state index in [1.165, 1.54) is 22.3 Å². The first-order valence-electron chi connectivity index (χ1n) is 14.8. The molecule has 0 spiro atoms. The average Bonchev–Trinajstić information content (AvgIpc) is 3.72. The van der Waals surface area contributed by atoms with Crippen LogP contribution in [0.4, 0.5) is 0 Å². The Hall–Kier alpha value is -4.46. The van der Waals surface area contributed by atoms with Gasteiger partial charge in [0.1, 0.15) is 29.0 Å². The van der Waals surface area contributed by atoms with E-state index >= 15 is 0 Å². The fraction of sp³-hybridized carbons (Fsp3) is 0.467. The third-order valence-corrected chi connectivity index (χ3v) is 9.02. The van der Waals surface area contributed by atoms with Gasteiger partial charge in [-0.15, -0.1) is 16.4 Å². The Kier molecular flexibility index (Phi) is 9.47. The molecule has 1 aromatic carbocycles. The molecule has 0 fully saturated rings. The largest absolute Gasteiger partial charge is 0.344 e. The lowest BCUT2D eigenvalue weighted by atomic mass is 10.0. The molecule has 0 unspecified atom stereocenters. The maximum Gasteiger partial charge on any atom is 0.257 e. The van der Waals surface area contributed by atoms with Crippen LogP contribution in [0.5, 0.6) is 0 Å². The van der Waals surface area contributed by atoms with Crippen LogP contribution in [0, 0.1) is 26.7 Å². The number of rotatable bonds is 5. The third kappa shape index (κ3) is 6.85. The number of carbonyl (C=O) groups excluding carboxylic acids is 3. The predicted molar refractivity (Wildman–Crippen MR) is 164 cm³/mol. The minimum absolute atomic E-state index is 0.0182. The average molecular weight is 619 g/mol. The van der Waals surface area contributed by atoms with Crippen molar-refractivity contribution in [2.45, 2.75) is 72.5 Å². The van der Waals surface area contributed by atoms with Gasteiger partial charge in [-0.1, -0.05) is 44.2 Å². The lowest BCUT2D eigenvalue weighted by molar-refractivity contribution is -0.129. The van der Waals surface area contributed by atoms with Gasteiger partial charge in [-0.3, -0.25) is 14.4 Å². The molecule has 2 N–H and O–H groups in total. The summed E-state index contributed by atoms with van der Waals surface area (Å²) in [5.74, 6) is 0.468. The molecule has 0 saturated heterocycles. The summed E-state index contributed by atoms with van der Waals surface area (Å²) in [7, 11) is 0. The fourth-order valence-electron chi connectivity index (χ4n) is 5.37. The first kappa shape index (κ1) is 31.0. The third-order valence-electron chi connectivity index (χ3n) is 7.82. The van der Waals surface area contributed by atoms with Crippen LogP contribution in [-0.4, -0.2) is 76.7 Å². The van der Waals surface area contributed by atoms with Crippen LogP contribution in [-0.2, 0) is 22.6 Å². The first-order valence-corrected chi connectivity index (χ1v) is 15.6. The Morgan fingerprint density at radius 1 is 1.07 bits per heavy atom. The summed E-state index contributed by atoms with van der Waals surface area (Å²) in [5, 5.41) is 22.9. The molecule has 14 heteroatoms. The van der Waals surface area contributed by atoms with Crippen molar-refractivity contribution >= 4 is 29.1 Å². The van der Waals surface area contributed by atoms with Crippen molar-refractivity contribution in [2.24, 2.45) is 5.92 Å². The molecular formula is C30H38N10O3S. The fourth-order valence-corrected chi connectivity index (χ4v) is 6.44. The molecule has 13 nitrogen and oxygen atoms in total. The number of tetrazole rings is 1. The van der Waals surface area contributed by atoms with E-state index in [1.807, 2.05) is 65.0 Å². The zero-order valence-electron chi connectivity index (χ0n) is 25.6. The minimum Gasteiger partial charge on any atom is -0.344 e. The lowest BCUT2D eigenvalue weighted by Gasteiger charge is -2.28. The van der Waals surface area contributed by atoms with Crippen LogP contribution in [0.2, 0.25) is 0 Å². The molecule has 3 aromatic heterocycles. The summed E-state index contributed by atoms with van der Waals surface area (Å²) in [6, 6.07) is 8.37. The van der Waals surface area contributed by atoms with Crippen LogP contribution in [0.25, 0.3) is 5.00 Å². The van der Waals surface area contributed by atoms with Crippen molar-refractivity contribution in [3.8, 4) is 5.00 Å². The number of benzene rings is 1. The molecule has 0 bridgehead atoms. The van der Waals surface area contributed by atoms with Crippen molar-refractivity contribution < 1.29 is 14.4 Å². The summed E-state index contributed by atoms with van der Waals surface area (Å²) in [4.78, 5) is 48.5. The second-order valence-corrected chi connectivity index (χ2v) is 12.6. The number of hydrogen-bond donors (Lipinski definition) is 2. The lowest BCUT2D eigenvalue weighted by Crippen LogP contribution is -2.50. The number of nitrogens with zero attached hydrogens (tertiary/aromatic N) is 8. The number of carbonyl (C=O) groups is 3. The number of aryl methyl sites for hydroxylation is 2. The number of nitrogens with one attached hydrogen (secondary N) is 2. The number of thiophene rings is 1. The number of fused-ring (bicyclic) bond motifs is 1. The molecule has 0 aliphatic carbocycles. The van der Waals surface area contributed by atoms with Crippen LogP contribution in [0.15, 0.2) is 36.7 Å². The zero-order valence-corrected chi connectivity index (χ0v) is 26.5. The highest BCUT2D eigenvalue weighted by Gasteiger charge is 2.31. The van der Waals surface area contributed by atoms with Gasteiger partial charge >= 0.3 is 0 Å². The van der Waals surface area contributed by atoms with E-state index in [9.17, 15) is 14.4 Å². The van der Waals surface area contributed by atoms with Gasteiger partial charge < -0.3 is 15.5 Å². The van der Waals surface area contributed by atoms with Gasteiger partial charge in [-0.2, -0.15) is 9.78 Å². The first-order chi connectivity index (χ1) is 21.1. The maximum absolute atomic E-state index is 14.2. The van der Waals surface area contributed by atoms with Gasteiger partial charge in [-0.05, 0) is 54.7 Å². The van der Waals surface area contributed by atoms with E-state index in [1.54, 1.807) is 9.58 Å². The molecule has 0 saturated carbocycles. The van der Waals surface area contributed by atoms with Gasteiger partial charge in [-0.25, -0.2) is 9.67 Å². The number of hydrogen-bond acceptors (Lipinski definition) is 9. The van der Waals surface area contributed by atoms with Crippen molar-refractivity contribution in [3.63, 3.8) is 0 Å². The molecule has 232 valence electrons.